The average molecular weight is 275 g/mol. The first kappa shape index (κ1) is 14.0. The lowest BCUT2D eigenvalue weighted by atomic mass is 9.73. The molecule has 6 nitrogen and oxygen atoms in total. The van der Waals surface area contributed by atoms with Crippen molar-refractivity contribution in [3.63, 3.8) is 0 Å². The molecule has 1 fully saturated rings. The van der Waals surface area contributed by atoms with Crippen molar-refractivity contribution in [2.75, 3.05) is 0 Å². The number of nitrogens with zero attached hydrogens (tertiary/aromatic N) is 1. The van der Waals surface area contributed by atoms with Crippen LogP contribution in [0.25, 0.3) is 0 Å². The smallest absolute Gasteiger partial charge is 0.332 e. The first-order valence-corrected chi connectivity index (χ1v) is 6.39. The molecule has 1 aromatic carbocycles. The van der Waals surface area contributed by atoms with Crippen molar-refractivity contribution in [1.29, 1.82) is 0 Å². The van der Waals surface area contributed by atoms with Gasteiger partial charge in [-0.05, 0) is 18.4 Å². The van der Waals surface area contributed by atoms with Crippen molar-refractivity contribution >= 4 is 17.7 Å². The Morgan fingerprint density at radius 3 is 2.60 bits per heavy atom. The summed E-state index contributed by atoms with van der Waals surface area (Å²) in [5.41, 5.74) is 7.56. The number of amides is 2. The van der Waals surface area contributed by atoms with Crippen molar-refractivity contribution in [3.05, 3.63) is 35.9 Å². The fourth-order valence-electron chi connectivity index (χ4n) is 2.87. The number of rotatable bonds is 3. The van der Waals surface area contributed by atoms with Gasteiger partial charge in [0, 0.05) is 11.6 Å². The molecule has 2 rings (SSSR count). The van der Waals surface area contributed by atoms with Crippen LogP contribution in [0, 0.1) is 5.92 Å². The third-order valence-electron chi connectivity index (χ3n) is 3.99. The number of aliphatic carboxylic acids is 1. The van der Waals surface area contributed by atoms with Gasteiger partial charge >= 0.3 is 12.0 Å². The zero-order valence-electron chi connectivity index (χ0n) is 11.2. The van der Waals surface area contributed by atoms with Crippen molar-refractivity contribution in [1.82, 2.24) is 5.43 Å². The minimum absolute atomic E-state index is 0.311. The molecule has 6 heteroatoms. The summed E-state index contributed by atoms with van der Waals surface area (Å²) in [5, 5.41) is 13.7. The van der Waals surface area contributed by atoms with Gasteiger partial charge in [-0.1, -0.05) is 37.3 Å². The summed E-state index contributed by atoms with van der Waals surface area (Å²) in [6.45, 7) is 1.82. The van der Waals surface area contributed by atoms with E-state index in [4.69, 9.17) is 5.73 Å². The summed E-state index contributed by atoms with van der Waals surface area (Å²) in [6, 6.07) is 8.37. The molecule has 2 amide bonds. The molecule has 0 bridgehead atoms. The second kappa shape index (κ2) is 5.32. The average Bonchev–Trinajstić information content (AvgIpc) is 2.75. The monoisotopic (exact) mass is 275 g/mol. The molecule has 20 heavy (non-hydrogen) atoms. The number of hydrogen-bond acceptors (Lipinski definition) is 3. The van der Waals surface area contributed by atoms with Crippen LogP contribution >= 0.6 is 0 Å². The number of carbonyl (C=O) groups excluding carboxylic acids is 1. The zero-order chi connectivity index (χ0) is 14.8. The van der Waals surface area contributed by atoms with E-state index < -0.39 is 17.4 Å². The fourth-order valence-corrected chi connectivity index (χ4v) is 2.87. The predicted octanol–water partition coefficient (Wildman–Crippen LogP) is 1.46. The van der Waals surface area contributed by atoms with E-state index in [0.717, 1.165) is 5.56 Å². The van der Waals surface area contributed by atoms with Crippen LogP contribution in [0.15, 0.2) is 35.4 Å². The summed E-state index contributed by atoms with van der Waals surface area (Å²) in [6.07, 6.45) is 0.968. The van der Waals surface area contributed by atoms with Crippen molar-refractivity contribution in [3.8, 4) is 0 Å². The van der Waals surface area contributed by atoms with Gasteiger partial charge in [-0.2, -0.15) is 5.10 Å². The van der Waals surface area contributed by atoms with Crippen LogP contribution < -0.4 is 11.2 Å². The highest BCUT2D eigenvalue weighted by atomic mass is 16.4. The summed E-state index contributed by atoms with van der Waals surface area (Å²) < 4.78 is 0. The van der Waals surface area contributed by atoms with E-state index in [1.807, 2.05) is 37.3 Å². The Balaban J connectivity index is 2.39. The summed E-state index contributed by atoms with van der Waals surface area (Å²) in [7, 11) is 0. The van der Waals surface area contributed by atoms with Gasteiger partial charge in [0.05, 0.1) is 0 Å². The largest absolute Gasteiger partial charge is 0.481 e. The predicted molar refractivity (Wildman–Crippen MR) is 74.3 cm³/mol. The number of nitrogens with one attached hydrogen (secondary N) is 1. The van der Waals surface area contributed by atoms with E-state index >= 15 is 0 Å². The van der Waals surface area contributed by atoms with Gasteiger partial charge in [-0.3, -0.25) is 4.79 Å². The number of carboxylic acids is 1. The molecule has 1 aliphatic rings. The van der Waals surface area contributed by atoms with Crippen molar-refractivity contribution < 1.29 is 14.7 Å². The maximum atomic E-state index is 11.9. The summed E-state index contributed by atoms with van der Waals surface area (Å²) in [5.74, 6) is -1.19. The number of benzene rings is 1. The Hall–Kier alpha value is -2.37. The molecule has 1 saturated carbocycles. The van der Waals surface area contributed by atoms with E-state index in [1.54, 1.807) is 0 Å². The molecule has 0 radical (unpaired) electrons. The molecule has 1 aromatic rings. The van der Waals surface area contributed by atoms with E-state index in [-0.39, 0.29) is 5.92 Å². The number of carboxylic acid groups (broad SMARTS) is 1. The molecule has 0 spiro atoms. The lowest BCUT2D eigenvalue weighted by Crippen LogP contribution is -2.40. The lowest BCUT2D eigenvalue weighted by Gasteiger charge is -2.29. The molecule has 0 saturated heterocycles. The summed E-state index contributed by atoms with van der Waals surface area (Å²) >= 11 is 0. The molecule has 0 heterocycles. The highest BCUT2D eigenvalue weighted by Gasteiger charge is 2.51. The molecule has 2 unspecified atom stereocenters. The van der Waals surface area contributed by atoms with Crippen LogP contribution in [-0.4, -0.2) is 22.8 Å². The number of hydrazone groups is 1. The maximum Gasteiger partial charge on any atom is 0.332 e. The molecular weight excluding hydrogens is 258 g/mol. The molecule has 0 aliphatic heterocycles. The van der Waals surface area contributed by atoms with Gasteiger partial charge < -0.3 is 10.8 Å². The van der Waals surface area contributed by atoms with Crippen LogP contribution in [0.2, 0.25) is 0 Å². The topological polar surface area (TPSA) is 105 Å². The molecule has 106 valence electrons. The molecule has 4 N–H and O–H groups in total. The minimum atomic E-state index is -1.00. The molecular formula is C14H17N3O3. The van der Waals surface area contributed by atoms with Gasteiger partial charge in [-0.25, -0.2) is 10.2 Å². The standard InChI is InChI=1S/C14H17N3O3/c1-9-11(16-17-13(15)20)7-8-14(9,12(18)19)10-5-3-2-4-6-10/h2-6,9H,7-8H2,1H3,(H,18,19)(H3,15,17,20)/b16-11+. The third kappa shape index (κ3) is 2.24. The first-order valence-electron chi connectivity index (χ1n) is 6.39. The number of primary amides is 1. The highest BCUT2D eigenvalue weighted by Crippen LogP contribution is 2.44. The number of carbonyl (C=O) groups is 2. The Morgan fingerprint density at radius 1 is 1.40 bits per heavy atom. The van der Waals surface area contributed by atoms with E-state index in [9.17, 15) is 14.7 Å². The Morgan fingerprint density at radius 2 is 2.05 bits per heavy atom. The summed E-state index contributed by atoms with van der Waals surface area (Å²) in [4.78, 5) is 22.6. The number of urea groups is 1. The van der Waals surface area contributed by atoms with Crippen LogP contribution in [0.4, 0.5) is 4.79 Å². The van der Waals surface area contributed by atoms with Gasteiger partial charge in [0.2, 0.25) is 0 Å². The fraction of sp³-hybridized carbons (Fsp3) is 0.357. The normalized spacial score (nSPS) is 27.4. The van der Waals surface area contributed by atoms with Crippen molar-refractivity contribution in [2.24, 2.45) is 16.8 Å². The van der Waals surface area contributed by atoms with Crippen LogP contribution in [-0.2, 0) is 10.2 Å². The Labute approximate surface area is 116 Å². The SMILES string of the molecule is CC1/C(=N/NC(N)=O)CCC1(C(=O)O)c1ccccc1. The Bertz CT molecular complexity index is 556. The van der Waals surface area contributed by atoms with Crippen LogP contribution in [0.1, 0.15) is 25.3 Å². The third-order valence-corrected chi connectivity index (χ3v) is 3.99. The van der Waals surface area contributed by atoms with E-state index in [0.29, 0.717) is 18.6 Å². The number of hydrogen-bond donors (Lipinski definition) is 3. The van der Waals surface area contributed by atoms with Crippen LogP contribution in [0.3, 0.4) is 0 Å². The second-order valence-electron chi connectivity index (χ2n) is 4.94. The second-order valence-corrected chi connectivity index (χ2v) is 4.94. The lowest BCUT2D eigenvalue weighted by molar-refractivity contribution is -0.144. The molecule has 2 atom stereocenters. The van der Waals surface area contributed by atoms with Gasteiger partial charge in [0.1, 0.15) is 5.41 Å². The minimum Gasteiger partial charge on any atom is -0.481 e. The molecule has 1 aliphatic carbocycles. The van der Waals surface area contributed by atoms with E-state index in [1.165, 1.54) is 0 Å². The van der Waals surface area contributed by atoms with E-state index in [2.05, 4.69) is 10.5 Å². The zero-order valence-corrected chi connectivity index (χ0v) is 11.2. The number of nitrogens with two attached hydrogens (primary N) is 1. The Kier molecular flexibility index (Phi) is 3.74. The quantitative estimate of drug-likeness (QED) is 0.727. The van der Waals surface area contributed by atoms with Gasteiger partial charge in [0.15, 0.2) is 0 Å². The van der Waals surface area contributed by atoms with Gasteiger partial charge in [-0.15, -0.1) is 0 Å². The van der Waals surface area contributed by atoms with Gasteiger partial charge in [0.25, 0.3) is 0 Å². The maximum absolute atomic E-state index is 11.9. The molecule has 0 aromatic heterocycles. The first-order chi connectivity index (χ1) is 9.48. The van der Waals surface area contributed by atoms with Crippen molar-refractivity contribution in [2.45, 2.75) is 25.2 Å². The highest BCUT2D eigenvalue weighted by molar-refractivity contribution is 5.99. The van der Waals surface area contributed by atoms with Crippen LogP contribution in [0.5, 0.6) is 0 Å².